The maximum Gasteiger partial charge on any atom is 0.320 e. The number of hydrogen-bond acceptors (Lipinski definition) is 4. The lowest BCUT2D eigenvalue weighted by atomic mass is 10.4. The van der Waals surface area contributed by atoms with E-state index in [0.29, 0.717) is 23.7 Å². The molecule has 0 atom stereocenters. The molecule has 17 heavy (non-hydrogen) atoms. The molecule has 0 bridgehead atoms. The van der Waals surface area contributed by atoms with Gasteiger partial charge in [-0.25, -0.2) is 4.79 Å². The van der Waals surface area contributed by atoms with Crippen molar-refractivity contribution in [3.63, 3.8) is 0 Å². The SMILES string of the molecule is CC(C)Nc1ccc(NC(=O)NC2CC2)nn1. The number of hydrogen-bond donors (Lipinski definition) is 3. The molecule has 2 rings (SSSR count). The van der Waals surface area contributed by atoms with Crippen molar-refractivity contribution in [2.45, 2.75) is 38.8 Å². The lowest BCUT2D eigenvalue weighted by Crippen LogP contribution is -2.30. The third-order valence-electron chi connectivity index (χ3n) is 2.26. The molecule has 6 nitrogen and oxygen atoms in total. The van der Waals surface area contributed by atoms with Crippen LogP contribution in [0.5, 0.6) is 0 Å². The molecule has 1 heterocycles. The lowest BCUT2D eigenvalue weighted by molar-refractivity contribution is 0.251. The van der Waals surface area contributed by atoms with Gasteiger partial charge in [0, 0.05) is 12.1 Å². The minimum absolute atomic E-state index is 0.216. The zero-order chi connectivity index (χ0) is 12.3. The number of rotatable bonds is 4. The normalized spacial score (nSPS) is 14.5. The number of aromatic nitrogens is 2. The summed E-state index contributed by atoms with van der Waals surface area (Å²) in [6, 6.07) is 3.95. The molecule has 1 aliphatic carbocycles. The molecule has 0 unspecified atom stereocenters. The zero-order valence-corrected chi connectivity index (χ0v) is 10.0. The van der Waals surface area contributed by atoms with Crippen molar-refractivity contribution >= 4 is 17.7 Å². The largest absolute Gasteiger partial charge is 0.366 e. The Hall–Kier alpha value is -1.85. The van der Waals surface area contributed by atoms with Gasteiger partial charge in [0.05, 0.1) is 0 Å². The Balaban J connectivity index is 1.86. The van der Waals surface area contributed by atoms with E-state index < -0.39 is 0 Å². The fourth-order valence-electron chi connectivity index (χ4n) is 1.34. The Morgan fingerprint density at radius 2 is 1.94 bits per heavy atom. The molecule has 0 aromatic carbocycles. The number of amides is 2. The zero-order valence-electron chi connectivity index (χ0n) is 10.0. The van der Waals surface area contributed by atoms with Gasteiger partial charge < -0.3 is 10.6 Å². The summed E-state index contributed by atoms with van der Waals surface area (Å²) in [5.41, 5.74) is 0. The molecule has 1 saturated carbocycles. The quantitative estimate of drug-likeness (QED) is 0.740. The van der Waals surface area contributed by atoms with Gasteiger partial charge in [0.25, 0.3) is 0 Å². The molecule has 0 saturated heterocycles. The third-order valence-corrected chi connectivity index (χ3v) is 2.26. The summed E-state index contributed by atoms with van der Waals surface area (Å²) in [5.74, 6) is 1.16. The van der Waals surface area contributed by atoms with Gasteiger partial charge in [-0.3, -0.25) is 5.32 Å². The molecule has 6 heteroatoms. The Morgan fingerprint density at radius 3 is 2.47 bits per heavy atom. The second-order valence-corrected chi connectivity index (χ2v) is 4.48. The highest BCUT2D eigenvalue weighted by Gasteiger charge is 2.23. The number of nitrogens with zero attached hydrogens (tertiary/aromatic N) is 2. The monoisotopic (exact) mass is 235 g/mol. The Bertz CT molecular complexity index is 385. The van der Waals surface area contributed by atoms with Gasteiger partial charge in [-0.05, 0) is 38.8 Å². The second-order valence-electron chi connectivity index (χ2n) is 4.48. The smallest absolute Gasteiger partial charge is 0.320 e. The fourth-order valence-corrected chi connectivity index (χ4v) is 1.34. The van der Waals surface area contributed by atoms with Gasteiger partial charge >= 0.3 is 6.03 Å². The van der Waals surface area contributed by atoms with Gasteiger partial charge in [0.2, 0.25) is 0 Å². The molecule has 0 aliphatic heterocycles. The van der Waals surface area contributed by atoms with Crippen molar-refractivity contribution in [3.05, 3.63) is 12.1 Å². The molecular weight excluding hydrogens is 218 g/mol. The first-order valence-corrected chi connectivity index (χ1v) is 5.81. The molecule has 2 amide bonds. The van der Waals surface area contributed by atoms with Gasteiger partial charge in [0.15, 0.2) is 5.82 Å². The molecule has 1 aromatic rings. The molecule has 92 valence electrons. The molecular formula is C11H17N5O. The summed E-state index contributed by atoms with van der Waals surface area (Å²) >= 11 is 0. The fraction of sp³-hybridized carbons (Fsp3) is 0.545. The van der Waals surface area contributed by atoms with Gasteiger partial charge in [-0.1, -0.05) is 0 Å². The van der Waals surface area contributed by atoms with Crippen LogP contribution in [0.1, 0.15) is 26.7 Å². The predicted molar refractivity (Wildman–Crippen MR) is 66.0 cm³/mol. The van der Waals surface area contributed by atoms with Gasteiger partial charge in [-0.2, -0.15) is 0 Å². The molecule has 3 N–H and O–H groups in total. The van der Waals surface area contributed by atoms with Crippen molar-refractivity contribution in [2.75, 3.05) is 10.6 Å². The van der Waals surface area contributed by atoms with E-state index in [9.17, 15) is 4.79 Å². The number of nitrogens with one attached hydrogen (secondary N) is 3. The van der Waals surface area contributed by atoms with Crippen LogP contribution in [-0.2, 0) is 0 Å². The first kappa shape index (κ1) is 11.6. The molecule has 1 fully saturated rings. The average Bonchev–Trinajstić information content (AvgIpc) is 3.04. The summed E-state index contributed by atoms with van der Waals surface area (Å²) in [6.07, 6.45) is 2.13. The van der Waals surface area contributed by atoms with E-state index in [1.54, 1.807) is 12.1 Å². The number of urea groups is 1. The van der Waals surface area contributed by atoms with Crippen LogP contribution in [0.25, 0.3) is 0 Å². The van der Waals surface area contributed by atoms with Crippen molar-refractivity contribution in [3.8, 4) is 0 Å². The maximum atomic E-state index is 11.4. The van der Waals surface area contributed by atoms with Crippen molar-refractivity contribution in [1.82, 2.24) is 15.5 Å². The first-order chi connectivity index (χ1) is 8.13. The van der Waals surface area contributed by atoms with Crippen LogP contribution >= 0.6 is 0 Å². The van der Waals surface area contributed by atoms with Crippen molar-refractivity contribution in [1.29, 1.82) is 0 Å². The number of carbonyl (C=O) groups excluding carboxylic acids is 1. The van der Waals surface area contributed by atoms with E-state index in [1.807, 2.05) is 13.8 Å². The summed E-state index contributed by atoms with van der Waals surface area (Å²) in [7, 11) is 0. The number of anilines is 2. The maximum absolute atomic E-state index is 11.4. The van der Waals surface area contributed by atoms with E-state index in [-0.39, 0.29) is 6.03 Å². The summed E-state index contributed by atoms with van der Waals surface area (Å²) in [6.45, 7) is 4.05. The van der Waals surface area contributed by atoms with Crippen LogP contribution in [0.15, 0.2) is 12.1 Å². The van der Waals surface area contributed by atoms with Crippen LogP contribution in [0.2, 0.25) is 0 Å². The van der Waals surface area contributed by atoms with Crippen LogP contribution in [0.4, 0.5) is 16.4 Å². The Kier molecular flexibility index (Phi) is 3.41. The van der Waals surface area contributed by atoms with E-state index in [1.165, 1.54) is 0 Å². The summed E-state index contributed by atoms with van der Waals surface area (Å²) in [4.78, 5) is 11.4. The van der Waals surface area contributed by atoms with Gasteiger partial charge in [-0.15, -0.1) is 10.2 Å². The standard InChI is InChI=1S/C11H17N5O/c1-7(2)12-9-5-6-10(16-15-9)14-11(17)13-8-3-4-8/h5-8H,3-4H2,1-2H3,(H,12,15)(H2,13,14,16,17). The third kappa shape index (κ3) is 3.90. The lowest BCUT2D eigenvalue weighted by Gasteiger charge is -2.09. The van der Waals surface area contributed by atoms with E-state index in [4.69, 9.17) is 0 Å². The predicted octanol–water partition coefficient (Wildman–Crippen LogP) is 1.58. The van der Waals surface area contributed by atoms with Crippen LogP contribution < -0.4 is 16.0 Å². The molecule has 0 spiro atoms. The molecule has 1 aliphatic rings. The minimum atomic E-state index is -0.216. The Labute approximate surface area is 100 Å². The molecule has 1 aromatic heterocycles. The average molecular weight is 235 g/mol. The van der Waals surface area contributed by atoms with Crippen molar-refractivity contribution < 1.29 is 4.79 Å². The summed E-state index contributed by atoms with van der Waals surface area (Å²) < 4.78 is 0. The summed E-state index contributed by atoms with van der Waals surface area (Å²) in [5, 5.41) is 16.5. The van der Waals surface area contributed by atoms with Crippen molar-refractivity contribution in [2.24, 2.45) is 0 Å². The minimum Gasteiger partial charge on any atom is -0.366 e. The van der Waals surface area contributed by atoms with E-state index >= 15 is 0 Å². The highest BCUT2D eigenvalue weighted by Crippen LogP contribution is 2.18. The van der Waals surface area contributed by atoms with Crippen LogP contribution in [0, 0.1) is 0 Å². The number of carbonyl (C=O) groups is 1. The van der Waals surface area contributed by atoms with E-state index in [0.717, 1.165) is 12.8 Å². The highest BCUT2D eigenvalue weighted by molar-refractivity contribution is 5.88. The van der Waals surface area contributed by atoms with Gasteiger partial charge in [0.1, 0.15) is 5.82 Å². The topological polar surface area (TPSA) is 78.9 Å². The second kappa shape index (κ2) is 4.99. The van der Waals surface area contributed by atoms with E-state index in [2.05, 4.69) is 26.1 Å². The highest BCUT2D eigenvalue weighted by atomic mass is 16.2. The first-order valence-electron chi connectivity index (χ1n) is 5.81. The van der Waals surface area contributed by atoms with Crippen LogP contribution in [-0.4, -0.2) is 28.3 Å². The molecule has 0 radical (unpaired) electrons. The Morgan fingerprint density at radius 1 is 1.29 bits per heavy atom. The van der Waals surface area contributed by atoms with Crippen LogP contribution in [0.3, 0.4) is 0 Å².